The Kier molecular flexibility index (Phi) is 12.4. The van der Waals surface area contributed by atoms with Gasteiger partial charge in [-0.15, -0.1) is 0 Å². The first kappa shape index (κ1) is 41.3. The van der Waals surface area contributed by atoms with Crippen LogP contribution in [-0.4, -0.2) is 37.6 Å². The molecular formula is C50H49ClN4O5. The van der Waals surface area contributed by atoms with Gasteiger partial charge in [0.15, 0.2) is 0 Å². The number of aryl methyl sites for hydroxylation is 2. The van der Waals surface area contributed by atoms with Crippen molar-refractivity contribution in [2.24, 2.45) is 7.05 Å². The number of nitrogens with zero attached hydrogens (tertiary/aromatic N) is 2. The first-order chi connectivity index (χ1) is 29.0. The van der Waals surface area contributed by atoms with E-state index in [9.17, 15) is 4.79 Å². The standard InChI is InChI=1S/C17H18N2O2.C17H17NO2.C16H14ClNO/c1-4-19-15-10-7-13(11-16(15)18(2)17(19)20)12-5-8-14(21-3)9-6-12;1-11-8-13-9-12(4-7-16(13)18-11)15-6-5-14(19-2)10-17(15)20-3;1-10-7-12-8-11(3-6-16(12)18-10)14-5-4-13(19-2)9-15(14)17/h5-11H,4H2,1-3H3;4-7,9-10,18H,1,8H2,2-3H3;3-6,8-9,18H,1,7H2,2H3. The Morgan fingerprint density at radius 1 is 0.583 bits per heavy atom. The van der Waals surface area contributed by atoms with Gasteiger partial charge in [-0.25, -0.2) is 4.79 Å². The van der Waals surface area contributed by atoms with Crippen LogP contribution in [-0.2, 0) is 26.4 Å². The van der Waals surface area contributed by atoms with Crippen molar-refractivity contribution in [2.45, 2.75) is 26.3 Å². The Balaban J connectivity index is 0.000000136. The van der Waals surface area contributed by atoms with Gasteiger partial charge in [0.05, 0.1) is 44.5 Å². The molecule has 2 aliphatic heterocycles. The Morgan fingerprint density at radius 2 is 1.10 bits per heavy atom. The fourth-order valence-electron chi connectivity index (χ4n) is 7.56. The number of ether oxygens (including phenoxy) is 4. The molecule has 0 unspecified atom stereocenters. The number of anilines is 2. The summed E-state index contributed by atoms with van der Waals surface area (Å²) in [7, 11) is 8.44. The third-order valence-electron chi connectivity index (χ3n) is 10.7. The molecule has 0 bridgehead atoms. The average molecular weight is 821 g/mol. The average Bonchev–Trinajstić information content (AvgIpc) is 3.92. The van der Waals surface area contributed by atoms with Crippen LogP contribution in [0.2, 0.25) is 5.02 Å². The minimum Gasteiger partial charge on any atom is -0.497 e. The molecule has 2 N–H and O–H groups in total. The third-order valence-corrected chi connectivity index (χ3v) is 11.0. The summed E-state index contributed by atoms with van der Waals surface area (Å²) in [5, 5.41) is 7.24. The smallest absolute Gasteiger partial charge is 0.328 e. The molecule has 7 aromatic rings. The molecule has 3 heterocycles. The van der Waals surface area contributed by atoms with Crippen molar-refractivity contribution in [1.82, 2.24) is 9.13 Å². The number of halogens is 1. The normalized spacial score (nSPS) is 12.2. The Morgan fingerprint density at radius 3 is 1.65 bits per heavy atom. The van der Waals surface area contributed by atoms with E-state index in [4.69, 9.17) is 30.5 Å². The number of fused-ring (bicyclic) bond motifs is 3. The van der Waals surface area contributed by atoms with Crippen molar-refractivity contribution in [3.63, 3.8) is 0 Å². The van der Waals surface area contributed by atoms with Gasteiger partial charge in [-0.2, -0.15) is 0 Å². The van der Waals surface area contributed by atoms with E-state index < -0.39 is 0 Å². The molecule has 6 aromatic carbocycles. The van der Waals surface area contributed by atoms with E-state index in [0.717, 1.165) is 103 Å². The number of hydrogen-bond donors (Lipinski definition) is 2. The number of allylic oxidation sites excluding steroid dienone is 2. The SMILES string of the molecule is C=C1Cc2cc(-c3ccc(OC)cc3Cl)ccc2N1.C=C1Cc2cc(-c3ccc(OC)cc3OC)ccc2N1.CCn1c(=O)n(C)c2cc(-c3ccc(OC)cc3)ccc21. The molecule has 0 saturated carbocycles. The van der Waals surface area contributed by atoms with E-state index >= 15 is 0 Å². The van der Waals surface area contributed by atoms with Crippen LogP contribution in [0.15, 0.2) is 145 Å². The molecule has 10 heteroatoms. The summed E-state index contributed by atoms with van der Waals surface area (Å²) >= 11 is 6.31. The molecule has 9 rings (SSSR count). The molecule has 0 radical (unpaired) electrons. The summed E-state index contributed by atoms with van der Waals surface area (Å²) in [4.78, 5) is 12.2. The van der Waals surface area contributed by atoms with Gasteiger partial charge in [0.1, 0.15) is 23.0 Å². The zero-order valence-corrected chi connectivity index (χ0v) is 35.6. The van der Waals surface area contributed by atoms with E-state index in [1.54, 1.807) is 37.6 Å². The zero-order valence-electron chi connectivity index (χ0n) is 34.8. The fourth-order valence-corrected chi connectivity index (χ4v) is 7.84. The lowest BCUT2D eigenvalue weighted by Crippen LogP contribution is -2.21. The van der Waals surface area contributed by atoms with Crippen molar-refractivity contribution in [2.75, 3.05) is 39.1 Å². The minimum atomic E-state index is 0.0272. The van der Waals surface area contributed by atoms with Crippen LogP contribution in [0.3, 0.4) is 0 Å². The largest absolute Gasteiger partial charge is 0.497 e. The van der Waals surface area contributed by atoms with Gasteiger partial charge in [0.25, 0.3) is 0 Å². The van der Waals surface area contributed by atoms with E-state index in [1.807, 2.05) is 80.7 Å². The van der Waals surface area contributed by atoms with Gasteiger partial charge in [-0.3, -0.25) is 9.13 Å². The van der Waals surface area contributed by atoms with E-state index in [1.165, 1.54) is 11.1 Å². The summed E-state index contributed by atoms with van der Waals surface area (Å²) in [5.41, 5.74) is 15.4. The molecule has 0 fully saturated rings. The van der Waals surface area contributed by atoms with Crippen LogP contribution >= 0.6 is 11.6 Å². The maximum absolute atomic E-state index is 12.2. The summed E-state index contributed by atoms with van der Waals surface area (Å²) in [6, 6.07) is 38.3. The molecule has 0 aliphatic carbocycles. The number of imidazole rings is 1. The minimum absolute atomic E-state index is 0.0272. The highest BCUT2D eigenvalue weighted by molar-refractivity contribution is 6.33. The molecule has 0 saturated heterocycles. The number of methoxy groups -OCH3 is 4. The van der Waals surface area contributed by atoms with Gasteiger partial charge >= 0.3 is 5.69 Å². The van der Waals surface area contributed by atoms with Crippen LogP contribution in [0.25, 0.3) is 44.4 Å². The second-order valence-corrected chi connectivity index (χ2v) is 14.9. The highest BCUT2D eigenvalue weighted by atomic mass is 35.5. The molecular weight excluding hydrogens is 772 g/mol. The van der Waals surface area contributed by atoms with Gasteiger partial charge in [0, 0.05) is 66.4 Å². The fraction of sp³-hybridized carbons (Fsp3) is 0.180. The zero-order chi connectivity index (χ0) is 42.5. The lowest BCUT2D eigenvalue weighted by atomic mass is 10.0. The maximum Gasteiger partial charge on any atom is 0.328 e. The highest BCUT2D eigenvalue weighted by Gasteiger charge is 2.17. The molecule has 0 amide bonds. The van der Waals surface area contributed by atoms with Crippen molar-refractivity contribution < 1.29 is 18.9 Å². The molecule has 2 aliphatic rings. The van der Waals surface area contributed by atoms with Gasteiger partial charge in [0.2, 0.25) is 0 Å². The first-order valence-electron chi connectivity index (χ1n) is 19.6. The van der Waals surface area contributed by atoms with Gasteiger partial charge in [-0.05, 0) is 119 Å². The van der Waals surface area contributed by atoms with E-state index in [0.29, 0.717) is 11.6 Å². The third kappa shape index (κ3) is 8.63. The Labute approximate surface area is 356 Å². The number of nitrogens with one attached hydrogen (secondary N) is 2. The lowest BCUT2D eigenvalue weighted by Gasteiger charge is -2.11. The van der Waals surface area contributed by atoms with Crippen LogP contribution in [0, 0.1) is 0 Å². The monoisotopic (exact) mass is 820 g/mol. The van der Waals surface area contributed by atoms with E-state index in [-0.39, 0.29) is 5.69 Å². The van der Waals surface area contributed by atoms with Crippen molar-refractivity contribution in [3.8, 4) is 56.4 Å². The first-order valence-corrected chi connectivity index (χ1v) is 20.0. The molecule has 0 spiro atoms. The van der Waals surface area contributed by atoms with Gasteiger partial charge in [-0.1, -0.05) is 55.1 Å². The molecule has 1 aromatic heterocycles. The highest BCUT2D eigenvalue weighted by Crippen LogP contribution is 2.38. The second kappa shape index (κ2) is 18.0. The molecule has 0 atom stereocenters. The van der Waals surface area contributed by atoms with Crippen molar-refractivity contribution >= 4 is 34.0 Å². The van der Waals surface area contributed by atoms with Crippen molar-refractivity contribution in [1.29, 1.82) is 0 Å². The number of aromatic nitrogens is 2. The summed E-state index contributed by atoms with van der Waals surface area (Å²) in [5.74, 6) is 3.21. The number of hydrogen-bond acceptors (Lipinski definition) is 7. The van der Waals surface area contributed by atoms with Crippen LogP contribution in [0.4, 0.5) is 11.4 Å². The lowest BCUT2D eigenvalue weighted by molar-refractivity contribution is 0.395. The Hall–Kier alpha value is -6.84. The van der Waals surface area contributed by atoms with Crippen LogP contribution in [0.1, 0.15) is 18.1 Å². The van der Waals surface area contributed by atoms with Crippen LogP contribution in [0.5, 0.6) is 23.0 Å². The van der Waals surface area contributed by atoms with Gasteiger partial charge < -0.3 is 29.6 Å². The summed E-state index contributed by atoms with van der Waals surface area (Å²) < 4.78 is 24.5. The van der Waals surface area contributed by atoms with E-state index in [2.05, 4.69) is 72.3 Å². The summed E-state index contributed by atoms with van der Waals surface area (Å²) in [6.07, 6.45) is 1.75. The van der Waals surface area contributed by atoms with Crippen LogP contribution < -0.4 is 35.3 Å². The predicted molar refractivity (Wildman–Crippen MR) is 246 cm³/mol. The topological polar surface area (TPSA) is 87.9 Å². The predicted octanol–water partition coefficient (Wildman–Crippen LogP) is 11.4. The second-order valence-electron chi connectivity index (χ2n) is 14.5. The van der Waals surface area contributed by atoms with Crippen molar-refractivity contribution in [3.05, 3.63) is 166 Å². The Bertz CT molecular complexity index is 2790. The quantitative estimate of drug-likeness (QED) is 0.158. The molecule has 60 heavy (non-hydrogen) atoms. The summed E-state index contributed by atoms with van der Waals surface area (Å²) in [6.45, 7) is 10.6. The molecule has 9 nitrogen and oxygen atoms in total. The maximum atomic E-state index is 12.2. The number of benzene rings is 6. The molecule has 306 valence electrons. The number of rotatable bonds is 8.